The number of rotatable bonds is 5. The molecule has 0 spiro atoms. The van der Waals surface area contributed by atoms with Crippen LogP contribution in [0.3, 0.4) is 0 Å². The van der Waals surface area contributed by atoms with E-state index in [4.69, 9.17) is 0 Å². The third-order valence-corrected chi connectivity index (χ3v) is 3.15. The zero-order valence-corrected chi connectivity index (χ0v) is 10.9. The Hall–Kier alpha value is -1.71. The van der Waals surface area contributed by atoms with Gasteiger partial charge < -0.3 is 10.4 Å². The molecule has 0 heterocycles. The van der Waals surface area contributed by atoms with Crippen LogP contribution in [0, 0.1) is 5.82 Å². The number of aliphatic hydroxyl groups excluding tert-OH is 1. The summed E-state index contributed by atoms with van der Waals surface area (Å²) in [5.74, 6) is -0.326. The van der Waals surface area contributed by atoms with Crippen molar-refractivity contribution >= 4 is 0 Å². The molecule has 0 saturated carbocycles. The molecule has 0 bridgehead atoms. The minimum Gasteiger partial charge on any atom is -0.387 e. The first kappa shape index (κ1) is 13.7. The maximum Gasteiger partial charge on any atom is 0.123 e. The second-order valence-electron chi connectivity index (χ2n) is 4.61. The highest BCUT2D eigenvalue weighted by atomic mass is 19.1. The lowest BCUT2D eigenvalue weighted by Gasteiger charge is -2.17. The molecular weight excluding hydrogens is 241 g/mol. The molecule has 2 aromatic rings. The van der Waals surface area contributed by atoms with Gasteiger partial charge in [0.05, 0.1) is 6.10 Å². The summed E-state index contributed by atoms with van der Waals surface area (Å²) in [4.78, 5) is 0. The molecule has 0 radical (unpaired) electrons. The van der Waals surface area contributed by atoms with Gasteiger partial charge in [0.2, 0.25) is 0 Å². The Balaban J connectivity index is 1.92. The van der Waals surface area contributed by atoms with E-state index in [1.807, 2.05) is 37.3 Å². The number of halogens is 1. The molecule has 2 N–H and O–H groups in total. The van der Waals surface area contributed by atoms with Crippen molar-refractivity contribution in [2.75, 3.05) is 6.54 Å². The minimum absolute atomic E-state index is 0.143. The Bertz CT molecular complexity index is 515. The summed E-state index contributed by atoms with van der Waals surface area (Å²) in [6, 6.07) is 16.2. The molecule has 0 fully saturated rings. The molecule has 0 saturated heterocycles. The molecule has 1 unspecified atom stereocenters. The van der Waals surface area contributed by atoms with E-state index in [0.717, 1.165) is 5.56 Å². The molecule has 2 nitrogen and oxygen atoms in total. The predicted molar refractivity (Wildman–Crippen MR) is 74.2 cm³/mol. The highest BCUT2D eigenvalue weighted by Gasteiger charge is 2.10. The minimum atomic E-state index is -0.707. The lowest BCUT2D eigenvalue weighted by molar-refractivity contribution is 0.170. The second kappa shape index (κ2) is 6.45. The molecular formula is C16H18FNO. The average Bonchev–Trinajstić information content (AvgIpc) is 2.45. The summed E-state index contributed by atoms with van der Waals surface area (Å²) in [6.07, 6.45) is -0.707. The monoisotopic (exact) mass is 259 g/mol. The van der Waals surface area contributed by atoms with Crippen molar-refractivity contribution < 1.29 is 9.50 Å². The van der Waals surface area contributed by atoms with Crippen LogP contribution in [-0.2, 0) is 0 Å². The van der Waals surface area contributed by atoms with Crippen molar-refractivity contribution in [2.24, 2.45) is 0 Å². The van der Waals surface area contributed by atoms with Gasteiger partial charge in [-0.25, -0.2) is 4.39 Å². The number of aliphatic hydroxyl groups is 1. The first-order valence-electron chi connectivity index (χ1n) is 6.38. The Morgan fingerprint density at radius 2 is 1.74 bits per heavy atom. The number of benzene rings is 2. The summed E-state index contributed by atoms with van der Waals surface area (Å²) in [7, 11) is 0. The molecule has 0 aromatic heterocycles. The van der Waals surface area contributed by atoms with Gasteiger partial charge in [0, 0.05) is 12.6 Å². The fourth-order valence-electron chi connectivity index (χ4n) is 1.98. The van der Waals surface area contributed by atoms with Crippen LogP contribution in [-0.4, -0.2) is 11.7 Å². The van der Waals surface area contributed by atoms with Crippen molar-refractivity contribution in [3.05, 3.63) is 71.5 Å². The molecule has 0 aliphatic heterocycles. The normalized spacial score (nSPS) is 14.1. The highest BCUT2D eigenvalue weighted by molar-refractivity contribution is 5.20. The third kappa shape index (κ3) is 3.88. The zero-order chi connectivity index (χ0) is 13.7. The first-order valence-corrected chi connectivity index (χ1v) is 6.38. The Morgan fingerprint density at radius 3 is 2.42 bits per heavy atom. The molecule has 2 rings (SSSR count). The predicted octanol–water partition coefficient (Wildman–Crippen LogP) is 3.21. The van der Waals surface area contributed by atoms with Crippen LogP contribution in [0.15, 0.2) is 54.6 Å². The summed E-state index contributed by atoms with van der Waals surface area (Å²) in [6.45, 7) is 2.42. The van der Waals surface area contributed by atoms with Crippen molar-refractivity contribution in [1.29, 1.82) is 0 Å². The van der Waals surface area contributed by atoms with Crippen molar-refractivity contribution in [3.63, 3.8) is 0 Å². The van der Waals surface area contributed by atoms with Crippen LogP contribution in [0.1, 0.15) is 30.2 Å². The lowest BCUT2D eigenvalue weighted by Crippen LogP contribution is -2.24. The van der Waals surface area contributed by atoms with Gasteiger partial charge >= 0.3 is 0 Å². The highest BCUT2D eigenvalue weighted by Crippen LogP contribution is 2.16. The topological polar surface area (TPSA) is 32.3 Å². The standard InChI is InChI=1S/C16H18FNO/c1-12(13-6-3-2-4-7-13)18-11-16(19)14-8-5-9-15(17)10-14/h2-10,12,16,18-19H,11H2,1H3/t12?,16-/m0/s1. The fourth-order valence-corrected chi connectivity index (χ4v) is 1.98. The van der Waals surface area contributed by atoms with Crippen LogP contribution < -0.4 is 5.32 Å². The summed E-state index contributed by atoms with van der Waals surface area (Å²) < 4.78 is 13.1. The van der Waals surface area contributed by atoms with Crippen molar-refractivity contribution in [3.8, 4) is 0 Å². The van der Waals surface area contributed by atoms with Crippen LogP contribution in [0.5, 0.6) is 0 Å². The number of hydrogen-bond acceptors (Lipinski definition) is 2. The van der Waals surface area contributed by atoms with E-state index in [2.05, 4.69) is 5.32 Å². The maximum atomic E-state index is 13.1. The van der Waals surface area contributed by atoms with Crippen LogP contribution in [0.2, 0.25) is 0 Å². The van der Waals surface area contributed by atoms with Crippen LogP contribution in [0.4, 0.5) is 4.39 Å². The van der Waals surface area contributed by atoms with Gasteiger partial charge in [0.1, 0.15) is 5.82 Å². The van der Waals surface area contributed by atoms with Gasteiger partial charge in [-0.1, -0.05) is 42.5 Å². The van der Waals surface area contributed by atoms with Gasteiger partial charge in [-0.2, -0.15) is 0 Å². The Labute approximate surface area is 112 Å². The Kier molecular flexibility index (Phi) is 4.66. The van der Waals surface area contributed by atoms with Gasteiger partial charge in [-0.15, -0.1) is 0 Å². The average molecular weight is 259 g/mol. The van der Waals surface area contributed by atoms with E-state index >= 15 is 0 Å². The van der Waals surface area contributed by atoms with Crippen molar-refractivity contribution in [1.82, 2.24) is 5.32 Å². The number of nitrogens with one attached hydrogen (secondary N) is 1. The van der Waals surface area contributed by atoms with Gasteiger partial charge in [0.15, 0.2) is 0 Å². The van der Waals surface area contributed by atoms with Gasteiger partial charge in [0.25, 0.3) is 0 Å². The van der Waals surface area contributed by atoms with Crippen LogP contribution in [0.25, 0.3) is 0 Å². The van der Waals surface area contributed by atoms with Crippen molar-refractivity contribution in [2.45, 2.75) is 19.1 Å². The second-order valence-corrected chi connectivity index (χ2v) is 4.61. The van der Waals surface area contributed by atoms with E-state index < -0.39 is 6.10 Å². The number of hydrogen-bond donors (Lipinski definition) is 2. The quantitative estimate of drug-likeness (QED) is 0.864. The molecule has 0 amide bonds. The Morgan fingerprint density at radius 1 is 1.05 bits per heavy atom. The smallest absolute Gasteiger partial charge is 0.123 e. The molecule has 2 aromatic carbocycles. The maximum absolute atomic E-state index is 13.1. The van der Waals surface area contributed by atoms with Gasteiger partial charge in [-0.3, -0.25) is 0 Å². The third-order valence-electron chi connectivity index (χ3n) is 3.15. The molecule has 19 heavy (non-hydrogen) atoms. The zero-order valence-electron chi connectivity index (χ0n) is 10.9. The van der Waals surface area contributed by atoms with Gasteiger partial charge in [-0.05, 0) is 30.2 Å². The SMILES string of the molecule is CC(NC[C@H](O)c1cccc(F)c1)c1ccccc1. The van der Waals surface area contributed by atoms with E-state index in [-0.39, 0.29) is 11.9 Å². The van der Waals surface area contributed by atoms with E-state index in [9.17, 15) is 9.50 Å². The lowest BCUT2D eigenvalue weighted by atomic mass is 10.1. The van der Waals surface area contributed by atoms with E-state index in [1.165, 1.54) is 12.1 Å². The van der Waals surface area contributed by atoms with Crippen LogP contribution >= 0.6 is 0 Å². The van der Waals surface area contributed by atoms with E-state index in [0.29, 0.717) is 12.1 Å². The largest absolute Gasteiger partial charge is 0.387 e. The molecule has 3 heteroatoms. The summed E-state index contributed by atoms with van der Waals surface area (Å²) in [5, 5.41) is 13.3. The summed E-state index contributed by atoms with van der Waals surface area (Å²) in [5.41, 5.74) is 1.75. The molecule has 2 atom stereocenters. The summed E-state index contributed by atoms with van der Waals surface area (Å²) >= 11 is 0. The molecule has 0 aliphatic carbocycles. The first-order chi connectivity index (χ1) is 9.16. The fraction of sp³-hybridized carbons (Fsp3) is 0.250. The molecule has 0 aliphatic rings. The molecule has 100 valence electrons. The van der Waals surface area contributed by atoms with E-state index in [1.54, 1.807) is 12.1 Å².